The second-order valence-corrected chi connectivity index (χ2v) is 7.90. The Morgan fingerprint density at radius 2 is 1.83 bits per heavy atom. The van der Waals surface area contributed by atoms with Gasteiger partial charge >= 0.3 is 0 Å². The van der Waals surface area contributed by atoms with Crippen LogP contribution >= 0.6 is 11.8 Å². The lowest BCUT2D eigenvalue weighted by atomic mass is 9.91. The van der Waals surface area contributed by atoms with E-state index in [1.165, 1.54) is 43.2 Å². The summed E-state index contributed by atoms with van der Waals surface area (Å²) in [5.41, 5.74) is 7.00. The SMILES string of the molecule is NCCC(CCN1CC(N2CCSCC2)C1)c1ccc(F)cc1. The third-order valence-corrected chi connectivity index (χ3v) is 6.09. The summed E-state index contributed by atoms with van der Waals surface area (Å²) in [6.07, 6.45) is 2.09. The van der Waals surface area contributed by atoms with Crippen LogP contribution in [0.1, 0.15) is 24.3 Å². The predicted molar refractivity (Wildman–Crippen MR) is 96.6 cm³/mol. The highest BCUT2D eigenvalue weighted by Crippen LogP contribution is 2.26. The van der Waals surface area contributed by atoms with Crippen LogP contribution in [0.2, 0.25) is 0 Å². The first-order valence-electron chi connectivity index (χ1n) is 8.76. The van der Waals surface area contributed by atoms with Crippen molar-refractivity contribution in [1.29, 1.82) is 0 Å². The van der Waals surface area contributed by atoms with Gasteiger partial charge in [-0.3, -0.25) is 4.90 Å². The van der Waals surface area contributed by atoms with Crippen LogP contribution in [0.25, 0.3) is 0 Å². The van der Waals surface area contributed by atoms with Gasteiger partial charge in [-0.2, -0.15) is 11.8 Å². The summed E-state index contributed by atoms with van der Waals surface area (Å²) in [6, 6.07) is 7.73. The number of benzene rings is 1. The van der Waals surface area contributed by atoms with Crippen LogP contribution in [0.5, 0.6) is 0 Å². The van der Waals surface area contributed by atoms with E-state index >= 15 is 0 Å². The van der Waals surface area contributed by atoms with E-state index in [0.717, 1.165) is 25.4 Å². The number of nitrogens with zero attached hydrogens (tertiary/aromatic N) is 2. The maximum absolute atomic E-state index is 13.1. The lowest BCUT2D eigenvalue weighted by molar-refractivity contribution is 0.0378. The third kappa shape index (κ3) is 4.69. The normalized spacial score (nSPS) is 22.0. The second-order valence-electron chi connectivity index (χ2n) is 6.68. The van der Waals surface area contributed by atoms with E-state index in [1.54, 1.807) is 12.1 Å². The minimum atomic E-state index is -0.162. The van der Waals surface area contributed by atoms with Crippen molar-refractivity contribution in [3.8, 4) is 0 Å². The molecule has 2 aliphatic rings. The minimum Gasteiger partial charge on any atom is -0.330 e. The zero-order valence-corrected chi connectivity index (χ0v) is 14.6. The van der Waals surface area contributed by atoms with Gasteiger partial charge < -0.3 is 10.6 Å². The molecule has 0 spiro atoms. The Morgan fingerprint density at radius 3 is 2.48 bits per heavy atom. The molecule has 2 fully saturated rings. The molecule has 5 heteroatoms. The largest absolute Gasteiger partial charge is 0.330 e. The van der Waals surface area contributed by atoms with E-state index in [4.69, 9.17) is 5.73 Å². The lowest BCUT2D eigenvalue weighted by Crippen LogP contribution is -2.60. The summed E-state index contributed by atoms with van der Waals surface area (Å²) in [7, 11) is 0. The van der Waals surface area contributed by atoms with E-state index in [1.807, 2.05) is 12.1 Å². The first-order valence-corrected chi connectivity index (χ1v) is 9.91. The summed E-state index contributed by atoms with van der Waals surface area (Å²) in [5.74, 6) is 2.87. The molecule has 1 unspecified atom stereocenters. The molecule has 0 aliphatic carbocycles. The van der Waals surface area contributed by atoms with Crippen LogP contribution in [0.3, 0.4) is 0 Å². The van der Waals surface area contributed by atoms with E-state index in [0.29, 0.717) is 12.5 Å². The van der Waals surface area contributed by atoms with Gasteiger partial charge in [0.1, 0.15) is 5.82 Å². The van der Waals surface area contributed by atoms with Crippen LogP contribution in [0, 0.1) is 5.82 Å². The van der Waals surface area contributed by atoms with E-state index < -0.39 is 0 Å². The molecule has 1 atom stereocenters. The molecule has 0 amide bonds. The van der Waals surface area contributed by atoms with Gasteiger partial charge in [-0.1, -0.05) is 12.1 Å². The highest BCUT2D eigenvalue weighted by atomic mass is 32.2. The molecule has 3 rings (SSSR count). The molecule has 3 nitrogen and oxygen atoms in total. The van der Waals surface area contributed by atoms with Crippen LogP contribution in [0.15, 0.2) is 24.3 Å². The van der Waals surface area contributed by atoms with Crippen molar-refractivity contribution in [2.45, 2.75) is 24.8 Å². The molecule has 2 aliphatic heterocycles. The summed E-state index contributed by atoms with van der Waals surface area (Å²) in [6.45, 7) is 6.76. The molecule has 2 saturated heterocycles. The van der Waals surface area contributed by atoms with Gasteiger partial charge in [0.25, 0.3) is 0 Å². The van der Waals surface area contributed by atoms with Crippen LogP contribution in [-0.2, 0) is 0 Å². The zero-order chi connectivity index (χ0) is 16.1. The summed E-state index contributed by atoms with van der Waals surface area (Å²) in [4.78, 5) is 5.21. The maximum Gasteiger partial charge on any atom is 0.123 e. The Morgan fingerprint density at radius 1 is 1.13 bits per heavy atom. The van der Waals surface area contributed by atoms with Gasteiger partial charge in [-0.25, -0.2) is 4.39 Å². The fourth-order valence-corrected chi connectivity index (χ4v) is 4.58. The van der Waals surface area contributed by atoms with E-state index in [2.05, 4.69) is 21.6 Å². The highest BCUT2D eigenvalue weighted by molar-refractivity contribution is 7.99. The van der Waals surface area contributed by atoms with Crippen molar-refractivity contribution in [3.63, 3.8) is 0 Å². The van der Waals surface area contributed by atoms with Crippen molar-refractivity contribution in [3.05, 3.63) is 35.6 Å². The quantitative estimate of drug-likeness (QED) is 0.828. The van der Waals surface area contributed by atoms with Crippen molar-refractivity contribution >= 4 is 11.8 Å². The van der Waals surface area contributed by atoms with Crippen LogP contribution in [-0.4, -0.2) is 66.6 Å². The predicted octanol–water partition coefficient (Wildman–Crippen LogP) is 2.38. The monoisotopic (exact) mass is 337 g/mol. The maximum atomic E-state index is 13.1. The summed E-state index contributed by atoms with van der Waals surface area (Å²) >= 11 is 2.08. The van der Waals surface area contributed by atoms with Gasteiger partial charge in [0.05, 0.1) is 0 Å². The topological polar surface area (TPSA) is 32.5 Å². The van der Waals surface area contributed by atoms with Gasteiger partial charge in [-0.05, 0) is 49.5 Å². The number of thioether (sulfide) groups is 1. The molecule has 0 bridgehead atoms. The molecule has 2 N–H and O–H groups in total. The lowest BCUT2D eigenvalue weighted by Gasteiger charge is -2.47. The summed E-state index contributed by atoms with van der Waals surface area (Å²) in [5, 5.41) is 0. The molecule has 128 valence electrons. The first kappa shape index (κ1) is 17.2. The zero-order valence-electron chi connectivity index (χ0n) is 13.8. The van der Waals surface area contributed by atoms with Crippen molar-refractivity contribution in [2.24, 2.45) is 5.73 Å². The highest BCUT2D eigenvalue weighted by Gasteiger charge is 2.32. The molecule has 0 radical (unpaired) electrons. The molecule has 1 aromatic rings. The average Bonchev–Trinajstić information content (AvgIpc) is 2.54. The Hall–Kier alpha value is -0.620. The molecule has 23 heavy (non-hydrogen) atoms. The summed E-state index contributed by atoms with van der Waals surface area (Å²) < 4.78 is 13.1. The number of rotatable bonds is 7. The average molecular weight is 338 g/mol. The molecule has 2 heterocycles. The van der Waals surface area contributed by atoms with Gasteiger partial charge in [0.15, 0.2) is 0 Å². The number of nitrogens with two attached hydrogens (primary N) is 1. The molecular formula is C18H28FN3S. The standard InChI is InChI=1S/C18H28FN3S/c19-17-3-1-15(2-4-17)16(5-7-20)6-8-21-13-18(14-21)22-9-11-23-12-10-22/h1-4,16,18H,5-14,20H2. The Kier molecular flexibility index (Phi) is 6.34. The van der Waals surface area contributed by atoms with Gasteiger partial charge in [0, 0.05) is 43.7 Å². The fraction of sp³-hybridized carbons (Fsp3) is 0.667. The van der Waals surface area contributed by atoms with Crippen molar-refractivity contribution in [1.82, 2.24) is 9.80 Å². The van der Waals surface area contributed by atoms with Crippen molar-refractivity contribution in [2.75, 3.05) is 50.8 Å². The van der Waals surface area contributed by atoms with Gasteiger partial charge in [-0.15, -0.1) is 0 Å². The Bertz CT molecular complexity index is 470. The smallest absolute Gasteiger partial charge is 0.123 e. The number of likely N-dealkylation sites (tertiary alicyclic amines) is 1. The third-order valence-electron chi connectivity index (χ3n) is 5.15. The van der Waals surface area contributed by atoms with Crippen LogP contribution in [0.4, 0.5) is 4.39 Å². The number of hydrogen-bond donors (Lipinski definition) is 1. The van der Waals surface area contributed by atoms with Crippen molar-refractivity contribution < 1.29 is 4.39 Å². The molecule has 0 saturated carbocycles. The molecule has 0 aromatic heterocycles. The molecule has 1 aromatic carbocycles. The van der Waals surface area contributed by atoms with E-state index in [9.17, 15) is 4.39 Å². The number of halogens is 1. The van der Waals surface area contributed by atoms with Gasteiger partial charge in [0.2, 0.25) is 0 Å². The minimum absolute atomic E-state index is 0.162. The Balaban J connectivity index is 1.44. The number of hydrogen-bond acceptors (Lipinski definition) is 4. The fourth-order valence-electron chi connectivity index (χ4n) is 3.65. The first-order chi connectivity index (χ1) is 11.3. The Labute approximate surface area is 143 Å². The van der Waals surface area contributed by atoms with Crippen LogP contribution < -0.4 is 5.73 Å². The molecular weight excluding hydrogens is 309 g/mol. The van der Waals surface area contributed by atoms with E-state index in [-0.39, 0.29) is 5.82 Å². The second kappa shape index (κ2) is 8.47.